The van der Waals surface area contributed by atoms with Crippen molar-refractivity contribution in [1.29, 1.82) is 0 Å². The fourth-order valence-corrected chi connectivity index (χ4v) is 3.11. The lowest BCUT2D eigenvalue weighted by Crippen LogP contribution is -2.47. The Morgan fingerprint density at radius 3 is 2.64 bits per heavy atom. The Kier molecular flexibility index (Phi) is 8.01. The molecule has 4 atom stereocenters. The number of hydrogen-bond acceptors (Lipinski definition) is 6. The number of aryl methyl sites for hydroxylation is 1. The highest BCUT2D eigenvalue weighted by Crippen LogP contribution is 2.38. The number of aliphatic hydroxyl groups excluding tert-OH is 1. The Hall–Kier alpha value is -1.92. The first-order valence-electron chi connectivity index (χ1n) is 9.75. The first-order chi connectivity index (χ1) is 13.4. The zero-order chi connectivity index (χ0) is 20.7. The van der Waals surface area contributed by atoms with Gasteiger partial charge in [0, 0.05) is 25.0 Å². The Morgan fingerprint density at radius 1 is 1.32 bits per heavy atom. The van der Waals surface area contributed by atoms with Crippen molar-refractivity contribution in [3.63, 3.8) is 0 Å². The summed E-state index contributed by atoms with van der Waals surface area (Å²) < 4.78 is 18.7. The van der Waals surface area contributed by atoms with E-state index >= 15 is 0 Å². The largest absolute Gasteiger partial charge is 0.386 e. The normalized spacial score (nSPS) is 27.0. The predicted octanol–water partition coefficient (Wildman–Crippen LogP) is 1.11. The molecule has 1 saturated heterocycles. The lowest BCUT2D eigenvalue weighted by Gasteiger charge is -2.29. The molecule has 28 heavy (non-hydrogen) atoms. The van der Waals surface area contributed by atoms with Gasteiger partial charge in [-0.2, -0.15) is 0 Å². The SMILES string of the molecule is C#C[C@]1(COCCCC)O[C@@H](n2cc(C)c(=O)[nH]c2=O)[C@@H](O)C1OCCCC. The van der Waals surface area contributed by atoms with Gasteiger partial charge >= 0.3 is 5.69 Å². The fraction of sp³-hybridized carbons (Fsp3) is 0.700. The topological polar surface area (TPSA) is 103 Å². The van der Waals surface area contributed by atoms with Crippen molar-refractivity contribution in [1.82, 2.24) is 9.55 Å². The van der Waals surface area contributed by atoms with Crippen LogP contribution >= 0.6 is 0 Å². The number of terminal acetylenes is 1. The van der Waals surface area contributed by atoms with E-state index in [0.29, 0.717) is 18.8 Å². The van der Waals surface area contributed by atoms with E-state index < -0.39 is 35.3 Å². The maximum absolute atomic E-state index is 12.3. The molecule has 1 aromatic rings. The molecule has 0 spiro atoms. The van der Waals surface area contributed by atoms with Crippen LogP contribution in [0.1, 0.15) is 51.3 Å². The molecule has 156 valence electrons. The van der Waals surface area contributed by atoms with E-state index in [0.717, 1.165) is 30.3 Å². The van der Waals surface area contributed by atoms with Crippen LogP contribution in [0.4, 0.5) is 0 Å². The van der Waals surface area contributed by atoms with Crippen molar-refractivity contribution >= 4 is 0 Å². The molecule has 2 heterocycles. The average molecular weight is 394 g/mol. The van der Waals surface area contributed by atoms with Gasteiger partial charge in [-0.05, 0) is 19.8 Å². The highest BCUT2D eigenvalue weighted by atomic mass is 16.6. The second-order valence-corrected chi connectivity index (χ2v) is 7.06. The van der Waals surface area contributed by atoms with Gasteiger partial charge in [0.2, 0.25) is 0 Å². The molecule has 1 aliphatic rings. The van der Waals surface area contributed by atoms with E-state index in [1.54, 1.807) is 6.92 Å². The van der Waals surface area contributed by atoms with Crippen LogP contribution in [0.25, 0.3) is 0 Å². The van der Waals surface area contributed by atoms with Crippen LogP contribution in [0.3, 0.4) is 0 Å². The summed E-state index contributed by atoms with van der Waals surface area (Å²) in [6.07, 6.45) is 7.52. The summed E-state index contributed by atoms with van der Waals surface area (Å²) in [5.41, 5.74) is -2.20. The summed E-state index contributed by atoms with van der Waals surface area (Å²) in [6, 6.07) is 0. The van der Waals surface area contributed by atoms with Gasteiger partial charge in [0.25, 0.3) is 5.56 Å². The standard InChI is InChI=1S/C20H30N2O6/c1-5-8-10-26-13-20(7-3)16(27-11-9-6-2)15(23)18(28-20)22-12-14(4)17(24)21-19(22)25/h3,12,15-16,18,23H,5-6,8-11,13H2,1-2,4H3,(H,21,24,25)/t15-,16?,18+,20+/m0/s1. The Morgan fingerprint density at radius 2 is 2.00 bits per heavy atom. The summed E-state index contributed by atoms with van der Waals surface area (Å²) in [6.45, 7) is 6.57. The van der Waals surface area contributed by atoms with Crippen LogP contribution in [0, 0.1) is 19.3 Å². The minimum Gasteiger partial charge on any atom is -0.386 e. The minimum absolute atomic E-state index is 0.0327. The Labute approximate surface area is 164 Å². The number of nitrogens with one attached hydrogen (secondary N) is 1. The molecule has 0 saturated carbocycles. The van der Waals surface area contributed by atoms with Crippen LogP contribution in [0.2, 0.25) is 0 Å². The number of ether oxygens (including phenoxy) is 3. The lowest BCUT2D eigenvalue weighted by molar-refractivity contribution is -0.119. The summed E-state index contributed by atoms with van der Waals surface area (Å²) >= 11 is 0. The van der Waals surface area contributed by atoms with Gasteiger partial charge in [-0.25, -0.2) is 4.79 Å². The van der Waals surface area contributed by atoms with E-state index in [1.807, 2.05) is 13.8 Å². The van der Waals surface area contributed by atoms with E-state index in [2.05, 4.69) is 10.9 Å². The van der Waals surface area contributed by atoms with Gasteiger partial charge in [-0.1, -0.05) is 32.6 Å². The van der Waals surface area contributed by atoms with Gasteiger partial charge < -0.3 is 19.3 Å². The van der Waals surface area contributed by atoms with Crippen molar-refractivity contribution in [3.05, 3.63) is 32.6 Å². The second kappa shape index (κ2) is 10.0. The Balaban J connectivity index is 2.34. The van der Waals surface area contributed by atoms with Crippen LogP contribution in [0.5, 0.6) is 0 Å². The molecule has 0 radical (unpaired) electrons. The van der Waals surface area contributed by atoms with Crippen LogP contribution < -0.4 is 11.2 Å². The third kappa shape index (κ3) is 4.73. The van der Waals surface area contributed by atoms with Crippen molar-refractivity contribution in [2.75, 3.05) is 19.8 Å². The number of aliphatic hydroxyl groups is 1. The van der Waals surface area contributed by atoms with E-state index in [9.17, 15) is 14.7 Å². The maximum atomic E-state index is 12.3. The molecule has 0 aromatic carbocycles. The number of hydrogen-bond donors (Lipinski definition) is 2. The molecule has 1 fully saturated rings. The van der Waals surface area contributed by atoms with Gasteiger partial charge in [0.15, 0.2) is 11.8 Å². The van der Waals surface area contributed by atoms with Crippen molar-refractivity contribution in [3.8, 4) is 12.3 Å². The smallest absolute Gasteiger partial charge is 0.330 e. The van der Waals surface area contributed by atoms with Crippen molar-refractivity contribution < 1.29 is 19.3 Å². The summed E-state index contributed by atoms with van der Waals surface area (Å²) in [4.78, 5) is 26.2. The number of rotatable bonds is 10. The molecule has 8 heteroatoms. The molecule has 0 aliphatic carbocycles. The molecule has 8 nitrogen and oxygen atoms in total. The second-order valence-electron chi connectivity index (χ2n) is 7.06. The molecule has 0 amide bonds. The summed E-state index contributed by atoms with van der Waals surface area (Å²) in [5, 5.41) is 10.9. The third-order valence-electron chi connectivity index (χ3n) is 4.81. The van der Waals surface area contributed by atoms with E-state index in [-0.39, 0.29) is 6.61 Å². The molecule has 0 bridgehead atoms. The number of aromatic amines is 1. The highest BCUT2D eigenvalue weighted by Gasteiger charge is 2.56. The zero-order valence-electron chi connectivity index (χ0n) is 16.8. The zero-order valence-corrected chi connectivity index (χ0v) is 16.8. The summed E-state index contributed by atoms with van der Waals surface area (Å²) in [7, 11) is 0. The molecule has 2 rings (SSSR count). The average Bonchev–Trinajstić information content (AvgIpc) is 2.95. The van der Waals surface area contributed by atoms with Gasteiger partial charge in [0.1, 0.15) is 12.2 Å². The fourth-order valence-electron chi connectivity index (χ4n) is 3.11. The van der Waals surface area contributed by atoms with Crippen LogP contribution in [-0.4, -0.2) is 52.3 Å². The number of H-pyrrole nitrogens is 1. The van der Waals surface area contributed by atoms with E-state index in [1.165, 1.54) is 6.20 Å². The molecule has 1 aliphatic heterocycles. The number of unbranched alkanes of at least 4 members (excludes halogenated alkanes) is 2. The lowest BCUT2D eigenvalue weighted by atomic mass is 9.96. The number of aromatic nitrogens is 2. The van der Waals surface area contributed by atoms with Crippen molar-refractivity contribution in [2.45, 2.75) is 70.5 Å². The van der Waals surface area contributed by atoms with Gasteiger partial charge in [-0.15, -0.1) is 6.42 Å². The van der Waals surface area contributed by atoms with Crippen LogP contribution in [-0.2, 0) is 14.2 Å². The Bertz CT molecular complexity index is 795. The first kappa shape index (κ1) is 22.4. The quantitative estimate of drug-likeness (QED) is 0.455. The molecule has 2 N–H and O–H groups in total. The minimum atomic E-state index is -1.34. The molecular weight excluding hydrogens is 364 g/mol. The molecule has 1 aromatic heterocycles. The molecule has 1 unspecified atom stereocenters. The number of nitrogens with zero attached hydrogens (tertiary/aromatic N) is 1. The van der Waals surface area contributed by atoms with Crippen LogP contribution in [0.15, 0.2) is 15.8 Å². The first-order valence-corrected chi connectivity index (χ1v) is 9.75. The molecular formula is C20H30N2O6. The monoisotopic (exact) mass is 394 g/mol. The van der Waals surface area contributed by atoms with E-state index in [4.69, 9.17) is 20.6 Å². The third-order valence-corrected chi connectivity index (χ3v) is 4.81. The van der Waals surface area contributed by atoms with Gasteiger partial charge in [0.05, 0.1) is 6.61 Å². The van der Waals surface area contributed by atoms with Gasteiger partial charge in [-0.3, -0.25) is 14.3 Å². The highest BCUT2D eigenvalue weighted by molar-refractivity contribution is 5.19. The summed E-state index contributed by atoms with van der Waals surface area (Å²) in [5.74, 6) is 2.59. The maximum Gasteiger partial charge on any atom is 0.330 e. The predicted molar refractivity (Wildman–Crippen MR) is 104 cm³/mol. The van der Waals surface area contributed by atoms with Crippen molar-refractivity contribution in [2.24, 2.45) is 0 Å².